The van der Waals surface area contributed by atoms with E-state index in [0.29, 0.717) is 6.42 Å². The van der Waals surface area contributed by atoms with Crippen LogP contribution in [0.1, 0.15) is 44.1 Å². The van der Waals surface area contributed by atoms with Crippen molar-refractivity contribution in [2.75, 3.05) is 20.3 Å². The maximum absolute atomic E-state index is 13.7. The lowest BCUT2D eigenvalue weighted by molar-refractivity contribution is 0.110. The number of rotatable bonds is 11. The van der Waals surface area contributed by atoms with Gasteiger partial charge in [-0.25, -0.2) is 8.78 Å². The van der Waals surface area contributed by atoms with Crippen LogP contribution in [0, 0.1) is 23.3 Å². The molecule has 1 rings (SSSR count). The van der Waals surface area contributed by atoms with Crippen molar-refractivity contribution in [3.8, 4) is 5.75 Å². The molecule has 0 bridgehead atoms. The maximum Gasteiger partial charge on any atom is 0.204 e. The van der Waals surface area contributed by atoms with E-state index >= 15 is 0 Å². The van der Waals surface area contributed by atoms with E-state index in [1.54, 1.807) is 0 Å². The van der Waals surface area contributed by atoms with E-state index in [4.69, 9.17) is 9.84 Å². The van der Waals surface area contributed by atoms with Gasteiger partial charge in [0, 0.05) is 13.2 Å². The first kappa shape index (κ1) is 19.7. The monoisotopic (exact) mass is 338 g/mol. The number of aliphatic hydroxyl groups is 1. The molecule has 132 valence electrons. The van der Waals surface area contributed by atoms with Crippen LogP contribution in [0.5, 0.6) is 5.75 Å². The molecule has 0 heterocycles. The van der Waals surface area contributed by atoms with Crippen molar-refractivity contribution in [3.63, 3.8) is 0 Å². The van der Waals surface area contributed by atoms with Crippen molar-refractivity contribution in [1.82, 2.24) is 0 Å². The summed E-state index contributed by atoms with van der Waals surface area (Å²) in [7, 11) is 0.928. The summed E-state index contributed by atoms with van der Waals surface area (Å²) in [6.45, 7) is -0.108. The van der Waals surface area contributed by atoms with Crippen molar-refractivity contribution in [2.45, 2.75) is 45.1 Å². The minimum absolute atomic E-state index is 0.190. The summed E-state index contributed by atoms with van der Waals surface area (Å²) in [6, 6.07) is 0. The summed E-state index contributed by atoms with van der Waals surface area (Å²) < 4.78 is 63.8. The Kier molecular flexibility index (Phi) is 8.94. The second kappa shape index (κ2) is 10.4. The van der Waals surface area contributed by atoms with E-state index in [1.807, 2.05) is 0 Å². The molecule has 0 fully saturated rings. The van der Waals surface area contributed by atoms with Gasteiger partial charge in [-0.1, -0.05) is 25.7 Å². The number of methoxy groups -OCH3 is 1. The highest BCUT2D eigenvalue weighted by Crippen LogP contribution is 2.30. The van der Waals surface area contributed by atoms with E-state index in [2.05, 4.69) is 4.74 Å². The molecule has 0 spiro atoms. The zero-order valence-electron chi connectivity index (χ0n) is 13.1. The minimum Gasteiger partial charge on any atom is -0.491 e. The van der Waals surface area contributed by atoms with Crippen molar-refractivity contribution in [1.29, 1.82) is 0 Å². The average molecular weight is 338 g/mol. The van der Waals surface area contributed by atoms with Crippen LogP contribution < -0.4 is 4.74 Å². The third kappa shape index (κ3) is 5.66. The molecule has 0 unspecified atom stereocenters. The molecular weight excluding hydrogens is 316 g/mol. The van der Waals surface area contributed by atoms with Crippen LogP contribution in [0.2, 0.25) is 0 Å². The van der Waals surface area contributed by atoms with Crippen molar-refractivity contribution in [3.05, 3.63) is 28.8 Å². The third-order valence-corrected chi connectivity index (χ3v) is 3.46. The Balaban J connectivity index is 2.41. The predicted octanol–water partition coefficient (Wildman–Crippen LogP) is 4.10. The largest absolute Gasteiger partial charge is 0.491 e. The molecule has 1 aromatic carbocycles. The predicted molar refractivity (Wildman–Crippen MR) is 77.3 cm³/mol. The van der Waals surface area contributed by atoms with Crippen LogP contribution in [0.15, 0.2) is 0 Å². The average Bonchev–Trinajstić information content (AvgIpc) is 2.55. The summed E-state index contributed by atoms with van der Waals surface area (Å²) >= 11 is 0. The topological polar surface area (TPSA) is 38.7 Å². The van der Waals surface area contributed by atoms with Crippen LogP contribution in [0.25, 0.3) is 0 Å². The van der Waals surface area contributed by atoms with Gasteiger partial charge in [0.05, 0.1) is 19.3 Å². The normalized spacial score (nSPS) is 11.0. The van der Waals surface area contributed by atoms with E-state index in [9.17, 15) is 17.6 Å². The Morgan fingerprint density at radius 2 is 1.30 bits per heavy atom. The van der Waals surface area contributed by atoms with Crippen molar-refractivity contribution >= 4 is 0 Å². The SMILES string of the molecule is COc1c(F)c(F)c(COCCCCCCCCO)c(F)c1F. The summed E-state index contributed by atoms with van der Waals surface area (Å²) in [5.74, 6) is -7.19. The summed E-state index contributed by atoms with van der Waals surface area (Å²) in [5.41, 5.74) is -0.774. The Labute approximate surface area is 133 Å². The van der Waals surface area contributed by atoms with Gasteiger partial charge in [0.25, 0.3) is 0 Å². The summed E-state index contributed by atoms with van der Waals surface area (Å²) in [4.78, 5) is 0. The molecule has 1 aromatic rings. The van der Waals surface area contributed by atoms with Crippen molar-refractivity contribution in [2.24, 2.45) is 0 Å². The van der Waals surface area contributed by atoms with Crippen LogP contribution in [0.3, 0.4) is 0 Å². The summed E-state index contributed by atoms with van der Waals surface area (Å²) in [6.07, 6.45) is 5.27. The first-order valence-electron chi connectivity index (χ1n) is 7.62. The zero-order valence-corrected chi connectivity index (χ0v) is 13.1. The quantitative estimate of drug-likeness (QED) is 0.375. The van der Waals surface area contributed by atoms with Gasteiger partial charge in [-0.3, -0.25) is 0 Å². The molecule has 3 nitrogen and oxygen atoms in total. The number of halogens is 4. The highest BCUT2D eigenvalue weighted by molar-refractivity contribution is 5.34. The number of hydrogen-bond donors (Lipinski definition) is 1. The van der Waals surface area contributed by atoms with Gasteiger partial charge in [-0.05, 0) is 12.8 Å². The van der Waals surface area contributed by atoms with E-state index in [0.717, 1.165) is 39.2 Å². The minimum atomic E-state index is -1.56. The van der Waals surface area contributed by atoms with E-state index < -0.39 is 41.2 Å². The van der Waals surface area contributed by atoms with Gasteiger partial charge in [-0.2, -0.15) is 8.78 Å². The maximum atomic E-state index is 13.7. The molecule has 0 amide bonds. The molecule has 0 aliphatic heterocycles. The number of hydrogen-bond acceptors (Lipinski definition) is 3. The molecule has 0 aliphatic rings. The van der Waals surface area contributed by atoms with E-state index in [-0.39, 0.29) is 13.2 Å². The number of aliphatic hydroxyl groups excluding tert-OH is 1. The smallest absolute Gasteiger partial charge is 0.204 e. The van der Waals surface area contributed by atoms with Crippen LogP contribution >= 0.6 is 0 Å². The molecule has 0 saturated carbocycles. The molecule has 1 N–H and O–H groups in total. The fourth-order valence-electron chi connectivity index (χ4n) is 2.16. The van der Waals surface area contributed by atoms with Gasteiger partial charge in [0.1, 0.15) is 0 Å². The van der Waals surface area contributed by atoms with Gasteiger partial charge < -0.3 is 14.6 Å². The Morgan fingerprint density at radius 3 is 1.83 bits per heavy atom. The van der Waals surface area contributed by atoms with Crippen LogP contribution in [-0.4, -0.2) is 25.4 Å². The Bertz CT molecular complexity index is 466. The van der Waals surface area contributed by atoms with Crippen LogP contribution in [-0.2, 0) is 11.3 Å². The first-order chi connectivity index (χ1) is 11.0. The second-order valence-corrected chi connectivity index (χ2v) is 5.17. The fraction of sp³-hybridized carbons (Fsp3) is 0.625. The zero-order chi connectivity index (χ0) is 17.2. The standard InChI is InChI=1S/C16H22F4O3/c1-22-16-14(19)12(17)11(13(18)15(16)20)10-23-9-7-5-3-2-4-6-8-21/h21H,2-10H2,1H3. The molecular formula is C16H22F4O3. The molecule has 0 aliphatic carbocycles. The lowest BCUT2D eigenvalue weighted by Crippen LogP contribution is -2.08. The number of unbranched alkanes of at least 4 members (excludes halogenated alkanes) is 5. The van der Waals surface area contributed by atoms with Gasteiger partial charge in [0.2, 0.25) is 11.6 Å². The Morgan fingerprint density at radius 1 is 0.783 bits per heavy atom. The fourth-order valence-corrected chi connectivity index (χ4v) is 2.16. The van der Waals surface area contributed by atoms with Gasteiger partial charge in [0.15, 0.2) is 17.4 Å². The molecule has 0 saturated heterocycles. The van der Waals surface area contributed by atoms with E-state index in [1.165, 1.54) is 0 Å². The number of benzene rings is 1. The highest BCUT2D eigenvalue weighted by atomic mass is 19.2. The molecule has 23 heavy (non-hydrogen) atoms. The number of ether oxygens (including phenoxy) is 2. The van der Waals surface area contributed by atoms with Crippen LogP contribution in [0.4, 0.5) is 17.6 Å². The van der Waals surface area contributed by atoms with Crippen molar-refractivity contribution < 1.29 is 32.1 Å². The highest BCUT2D eigenvalue weighted by Gasteiger charge is 2.26. The van der Waals surface area contributed by atoms with Gasteiger partial charge in [-0.15, -0.1) is 0 Å². The lowest BCUT2D eigenvalue weighted by atomic mass is 10.1. The third-order valence-electron chi connectivity index (χ3n) is 3.46. The molecule has 0 atom stereocenters. The first-order valence-corrected chi connectivity index (χ1v) is 7.62. The molecule has 0 radical (unpaired) electrons. The Hall–Kier alpha value is -1.34. The lowest BCUT2D eigenvalue weighted by Gasteiger charge is -2.11. The summed E-state index contributed by atoms with van der Waals surface area (Å²) in [5, 5.41) is 8.62. The molecule has 7 heteroatoms. The second-order valence-electron chi connectivity index (χ2n) is 5.17. The van der Waals surface area contributed by atoms with Gasteiger partial charge >= 0.3 is 0 Å². The molecule has 0 aromatic heterocycles.